The van der Waals surface area contributed by atoms with Crippen LogP contribution < -0.4 is 0 Å². The van der Waals surface area contributed by atoms with Crippen LogP contribution in [0, 0.1) is 0 Å². The lowest BCUT2D eigenvalue weighted by Gasteiger charge is -2.45. The van der Waals surface area contributed by atoms with Crippen molar-refractivity contribution in [2.24, 2.45) is 0 Å². The molecule has 1 aliphatic rings. The molecule has 0 bridgehead atoms. The Labute approximate surface area is 232 Å². The molecular weight excluding hydrogens is 583 g/mol. The van der Waals surface area contributed by atoms with E-state index in [0.717, 1.165) is 16.7 Å². The Morgan fingerprint density at radius 2 is 1.16 bits per heavy atom. The number of benzene rings is 3. The van der Waals surface area contributed by atoms with Gasteiger partial charge in [0, 0.05) is 11.4 Å². The molecule has 0 N–H and O–H groups in total. The maximum atomic E-state index is 12.2. The van der Waals surface area contributed by atoms with Gasteiger partial charge in [-0.3, -0.25) is 4.79 Å². The van der Waals surface area contributed by atoms with Crippen LogP contribution in [0.2, 0.25) is 0 Å². The maximum Gasteiger partial charge on any atom is 0.303 e. The minimum absolute atomic E-state index is 0.296. The number of rotatable bonds is 12. The van der Waals surface area contributed by atoms with Crippen LogP contribution in [-0.4, -0.2) is 47.5 Å². The lowest BCUT2D eigenvalue weighted by molar-refractivity contribution is -0.260. The number of halogens is 1. The third-order valence-corrected chi connectivity index (χ3v) is 7.02. The smallest absolute Gasteiger partial charge is 0.303 e. The van der Waals surface area contributed by atoms with E-state index in [9.17, 15) is 4.79 Å². The highest BCUT2D eigenvalue weighted by Gasteiger charge is 2.49. The second-order valence-corrected chi connectivity index (χ2v) is 9.85. The van der Waals surface area contributed by atoms with Crippen LogP contribution in [0.1, 0.15) is 23.6 Å². The van der Waals surface area contributed by atoms with Crippen molar-refractivity contribution >= 4 is 28.6 Å². The molecule has 0 aromatic heterocycles. The molecule has 37 heavy (non-hydrogen) atoms. The molecule has 1 fully saturated rings. The van der Waals surface area contributed by atoms with Crippen molar-refractivity contribution in [2.45, 2.75) is 57.3 Å². The topological polar surface area (TPSA) is 63.2 Å². The van der Waals surface area contributed by atoms with Crippen LogP contribution in [0.25, 0.3) is 0 Å². The molecular formula is C30H33IO6. The summed E-state index contributed by atoms with van der Waals surface area (Å²) in [5, 5.41) is 0. The molecule has 3 unspecified atom stereocenters. The maximum absolute atomic E-state index is 12.2. The van der Waals surface area contributed by atoms with Crippen molar-refractivity contribution in [1.29, 1.82) is 0 Å². The van der Waals surface area contributed by atoms with E-state index in [4.69, 9.17) is 23.7 Å². The lowest BCUT2D eigenvalue weighted by atomic mass is 9.94. The molecule has 6 nitrogen and oxygen atoms in total. The van der Waals surface area contributed by atoms with Crippen LogP contribution in [-0.2, 0) is 48.3 Å². The predicted molar refractivity (Wildman–Crippen MR) is 149 cm³/mol. The summed E-state index contributed by atoms with van der Waals surface area (Å²) in [7, 11) is 0. The summed E-state index contributed by atoms with van der Waals surface area (Å²) in [5.74, 6) is -0.385. The average Bonchev–Trinajstić information content (AvgIpc) is 2.93. The Balaban J connectivity index is 1.54. The standard InChI is InChI=1S/C30H33IO6/c1-22(32)36-30-28(34-19-24-13-7-3-8-14-24)26(17-31)37-27(21-33-18-23-11-5-2-6-12-23)29(30)35-20-25-15-9-4-10-16-25/h2-16,26-30H,17-21H2,1H3/t26-,27?,28?,29-,30?/m1/s1. The number of carbonyl (C=O) groups excluding carboxylic acids is 1. The summed E-state index contributed by atoms with van der Waals surface area (Å²) < 4.78 is 31.9. The van der Waals surface area contributed by atoms with Gasteiger partial charge in [0.15, 0.2) is 6.10 Å². The van der Waals surface area contributed by atoms with E-state index in [1.54, 1.807) is 0 Å². The zero-order valence-electron chi connectivity index (χ0n) is 20.9. The van der Waals surface area contributed by atoms with E-state index in [2.05, 4.69) is 22.6 Å². The van der Waals surface area contributed by atoms with Crippen molar-refractivity contribution in [2.75, 3.05) is 11.0 Å². The van der Waals surface area contributed by atoms with Gasteiger partial charge < -0.3 is 23.7 Å². The predicted octanol–water partition coefficient (Wildman–Crippen LogP) is 5.51. The van der Waals surface area contributed by atoms with Gasteiger partial charge in [-0.2, -0.15) is 0 Å². The Hall–Kier alpha value is -2.30. The van der Waals surface area contributed by atoms with Gasteiger partial charge in [0.2, 0.25) is 0 Å². The molecule has 1 aliphatic heterocycles. The zero-order chi connectivity index (χ0) is 25.9. The molecule has 196 valence electrons. The Morgan fingerprint density at radius 3 is 1.62 bits per heavy atom. The van der Waals surface area contributed by atoms with E-state index in [1.807, 2.05) is 91.0 Å². The molecule has 0 saturated carbocycles. The first kappa shape index (κ1) is 27.7. The highest BCUT2D eigenvalue weighted by atomic mass is 127. The SMILES string of the molecule is CC(=O)OC1C(OCc2ccccc2)[C@@H](CI)OC(COCc2ccccc2)[C@H]1OCc1ccccc1. The number of hydrogen-bond donors (Lipinski definition) is 0. The largest absolute Gasteiger partial charge is 0.457 e. The summed E-state index contributed by atoms with van der Waals surface area (Å²) in [6.07, 6.45) is -2.44. The first-order valence-corrected chi connectivity index (χ1v) is 14.0. The molecule has 0 aliphatic carbocycles. The second-order valence-electron chi connectivity index (χ2n) is 8.96. The fourth-order valence-electron chi connectivity index (χ4n) is 4.38. The molecule has 5 atom stereocenters. The molecule has 7 heteroatoms. The van der Waals surface area contributed by atoms with Crippen molar-refractivity contribution < 1.29 is 28.5 Å². The van der Waals surface area contributed by atoms with E-state index >= 15 is 0 Å². The fraction of sp³-hybridized carbons (Fsp3) is 0.367. The van der Waals surface area contributed by atoms with E-state index in [1.165, 1.54) is 6.92 Å². The van der Waals surface area contributed by atoms with Gasteiger partial charge in [-0.15, -0.1) is 0 Å². The summed E-state index contributed by atoms with van der Waals surface area (Å²) in [4.78, 5) is 12.2. The highest BCUT2D eigenvalue weighted by Crippen LogP contribution is 2.31. The van der Waals surface area contributed by atoms with Gasteiger partial charge in [0.25, 0.3) is 0 Å². The van der Waals surface area contributed by atoms with Gasteiger partial charge in [-0.1, -0.05) is 114 Å². The molecule has 3 aromatic rings. The van der Waals surface area contributed by atoms with Crippen LogP contribution >= 0.6 is 22.6 Å². The second kappa shape index (κ2) is 14.6. The number of carbonyl (C=O) groups is 1. The summed E-state index contributed by atoms with van der Waals surface area (Å²) >= 11 is 2.29. The summed E-state index contributed by atoms with van der Waals surface area (Å²) in [6.45, 7) is 2.89. The van der Waals surface area contributed by atoms with Crippen LogP contribution in [0.5, 0.6) is 0 Å². The van der Waals surface area contributed by atoms with E-state index in [0.29, 0.717) is 30.9 Å². The van der Waals surface area contributed by atoms with Gasteiger partial charge >= 0.3 is 5.97 Å². The number of hydrogen-bond acceptors (Lipinski definition) is 6. The van der Waals surface area contributed by atoms with Crippen molar-refractivity contribution in [3.8, 4) is 0 Å². The van der Waals surface area contributed by atoms with Crippen LogP contribution in [0.3, 0.4) is 0 Å². The number of ether oxygens (including phenoxy) is 5. The molecule has 0 spiro atoms. The highest BCUT2D eigenvalue weighted by molar-refractivity contribution is 14.1. The average molecular weight is 616 g/mol. The first-order valence-electron chi connectivity index (χ1n) is 12.5. The number of alkyl halides is 1. The third-order valence-electron chi connectivity index (χ3n) is 6.15. The minimum Gasteiger partial charge on any atom is -0.457 e. The van der Waals surface area contributed by atoms with Gasteiger partial charge in [-0.25, -0.2) is 0 Å². The van der Waals surface area contributed by atoms with E-state index < -0.39 is 24.4 Å². The molecule has 1 saturated heterocycles. The van der Waals surface area contributed by atoms with Crippen molar-refractivity contribution in [3.63, 3.8) is 0 Å². The quantitative estimate of drug-likeness (QED) is 0.152. The van der Waals surface area contributed by atoms with Gasteiger partial charge in [-0.05, 0) is 16.7 Å². The Morgan fingerprint density at radius 1 is 0.703 bits per heavy atom. The Kier molecular flexibility index (Phi) is 10.9. The normalized spacial score (nSPS) is 23.5. The third kappa shape index (κ3) is 8.35. The zero-order valence-corrected chi connectivity index (χ0v) is 23.1. The molecule has 4 rings (SSSR count). The fourth-order valence-corrected chi connectivity index (χ4v) is 5.09. The van der Waals surface area contributed by atoms with Crippen molar-refractivity contribution in [3.05, 3.63) is 108 Å². The van der Waals surface area contributed by atoms with Crippen LogP contribution in [0.4, 0.5) is 0 Å². The van der Waals surface area contributed by atoms with Crippen LogP contribution in [0.15, 0.2) is 91.0 Å². The van der Waals surface area contributed by atoms with Gasteiger partial charge in [0.1, 0.15) is 18.3 Å². The summed E-state index contributed by atoms with van der Waals surface area (Å²) in [5.41, 5.74) is 3.13. The van der Waals surface area contributed by atoms with Crippen molar-refractivity contribution in [1.82, 2.24) is 0 Å². The molecule has 3 aromatic carbocycles. The van der Waals surface area contributed by atoms with Gasteiger partial charge in [0.05, 0.1) is 32.5 Å². The molecule has 1 heterocycles. The monoisotopic (exact) mass is 616 g/mol. The Bertz CT molecular complexity index is 1070. The summed E-state index contributed by atoms with van der Waals surface area (Å²) in [6, 6.07) is 29.8. The molecule has 0 amide bonds. The van der Waals surface area contributed by atoms with E-state index in [-0.39, 0.29) is 12.1 Å². The lowest BCUT2D eigenvalue weighted by Crippen LogP contribution is -2.62. The first-order chi connectivity index (χ1) is 18.1. The minimum atomic E-state index is -0.649. The molecule has 0 radical (unpaired) electrons. The number of esters is 1.